The van der Waals surface area contributed by atoms with E-state index in [1.807, 2.05) is 39.8 Å². The molecule has 5 heteroatoms. The number of ether oxygens (including phenoxy) is 1. The number of hydrogen-bond donors (Lipinski definition) is 2. The van der Waals surface area contributed by atoms with Crippen molar-refractivity contribution in [2.24, 2.45) is 5.41 Å². The van der Waals surface area contributed by atoms with Crippen molar-refractivity contribution in [1.82, 2.24) is 5.06 Å². The summed E-state index contributed by atoms with van der Waals surface area (Å²) < 4.78 is 5.90. The molecule has 1 unspecified atom stereocenters. The van der Waals surface area contributed by atoms with E-state index < -0.39 is 5.54 Å². The number of piperidine rings is 1. The van der Waals surface area contributed by atoms with Crippen LogP contribution in [-0.2, 0) is 26.8 Å². The molecule has 0 radical (unpaired) electrons. The van der Waals surface area contributed by atoms with Gasteiger partial charge in [-0.3, -0.25) is 4.79 Å². The average Bonchev–Trinajstić information content (AvgIpc) is 2.60. The van der Waals surface area contributed by atoms with Crippen LogP contribution < -0.4 is 0 Å². The zero-order valence-electron chi connectivity index (χ0n) is 21.2. The van der Waals surface area contributed by atoms with Crippen LogP contribution in [0.2, 0.25) is 0 Å². The Morgan fingerprint density at radius 2 is 1.55 bits per heavy atom. The van der Waals surface area contributed by atoms with Crippen LogP contribution >= 0.6 is 0 Å². The Kier molecular flexibility index (Phi) is 6.96. The molecule has 0 aliphatic carbocycles. The minimum absolute atomic E-state index is 0.200. The highest BCUT2D eigenvalue weighted by Gasteiger charge is 2.51. The van der Waals surface area contributed by atoms with Gasteiger partial charge < -0.3 is 15.1 Å². The molecule has 0 spiro atoms. The average molecular weight is 434 g/mol. The third-order valence-electron chi connectivity index (χ3n) is 7.31. The molecule has 1 aromatic carbocycles. The van der Waals surface area contributed by atoms with Gasteiger partial charge >= 0.3 is 5.97 Å². The fourth-order valence-electron chi connectivity index (χ4n) is 4.26. The van der Waals surface area contributed by atoms with Gasteiger partial charge in [-0.1, -0.05) is 67.5 Å². The Morgan fingerprint density at radius 3 is 2.00 bits per heavy atom. The van der Waals surface area contributed by atoms with E-state index in [0.717, 1.165) is 16.7 Å². The molecule has 5 nitrogen and oxygen atoms in total. The van der Waals surface area contributed by atoms with E-state index in [1.54, 1.807) is 0 Å². The topological polar surface area (TPSA) is 70.0 Å². The van der Waals surface area contributed by atoms with Gasteiger partial charge in [-0.25, -0.2) is 0 Å². The second-order valence-electron chi connectivity index (χ2n) is 12.2. The summed E-state index contributed by atoms with van der Waals surface area (Å²) in [6.45, 7) is 21.0. The van der Waals surface area contributed by atoms with Crippen molar-refractivity contribution in [3.8, 4) is 5.75 Å². The van der Waals surface area contributed by atoms with Crippen molar-refractivity contribution in [2.75, 3.05) is 6.54 Å². The first-order valence-electron chi connectivity index (χ1n) is 11.4. The number of benzene rings is 1. The number of carbonyl (C=O) groups excluding carboxylic acids is 1. The summed E-state index contributed by atoms with van der Waals surface area (Å²) in [6, 6.07) is 4.05. The first-order valence-corrected chi connectivity index (χ1v) is 11.4. The van der Waals surface area contributed by atoms with Crippen molar-refractivity contribution in [2.45, 2.75) is 111 Å². The number of hydroxylamine groups is 2. The van der Waals surface area contributed by atoms with Crippen LogP contribution in [0, 0.1) is 5.41 Å². The van der Waals surface area contributed by atoms with Crippen LogP contribution in [0.15, 0.2) is 12.1 Å². The number of esters is 1. The normalized spacial score (nSPS) is 21.7. The van der Waals surface area contributed by atoms with Gasteiger partial charge in [0, 0.05) is 30.3 Å². The van der Waals surface area contributed by atoms with Crippen molar-refractivity contribution >= 4 is 5.97 Å². The minimum atomic E-state index is -0.490. The fourth-order valence-corrected chi connectivity index (χ4v) is 4.26. The van der Waals surface area contributed by atoms with Gasteiger partial charge in [0.2, 0.25) is 0 Å². The number of carbonyl (C=O) groups is 1. The van der Waals surface area contributed by atoms with Gasteiger partial charge in [0.15, 0.2) is 0 Å². The molecule has 1 aliphatic rings. The summed E-state index contributed by atoms with van der Waals surface area (Å²) in [5.74, 6) is 0.133. The summed E-state index contributed by atoms with van der Waals surface area (Å²) in [5.41, 5.74) is 1.57. The molecule has 176 valence electrons. The quantitative estimate of drug-likeness (QED) is 0.593. The van der Waals surface area contributed by atoms with Gasteiger partial charge in [0.1, 0.15) is 11.9 Å². The van der Waals surface area contributed by atoms with Crippen molar-refractivity contribution in [1.29, 1.82) is 0 Å². The molecule has 2 N–H and O–H groups in total. The number of phenolic OH excluding ortho intramolecular Hbond substituents is 1. The van der Waals surface area contributed by atoms with Crippen LogP contribution in [0.25, 0.3) is 0 Å². The molecule has 0 saturated carbocycles. The largest absolute Gasteiger partial charge is 0.507 e. The standard InChI is InChI=1S/C26H43NO4/c1-23(2,3)18-15-17(16-19(22(18)29)24(4,5)6)11-12-21(28)31-20-13-14-27(30)26(9,10)25(20,7)8/h15-16,20,29-30H,11-14H2,1-10H3. The predicted octanol–water partition coefficient (Wildman–Crippen LogP) is 5.73. The van der Waals surface area contributed by atoms with E-state index in [1.165, 1.54) is 5.06 Å². The molecule has 1 saturated heterocycles. The first-order chi connectivity index (χ1) is 13.9. The molecule has 0 amide bonds. The van der Waals surface area contributed by atoms with Crippen molar-refractivity contribution in [3.05, 3.63) is 28.8 Å². The van der Waals surface area contributed by atoms with Gasteiger partial charge in [-0.2, -0.15) is 5.06 Å². The minimum Gasteiger partial charge on any atom is -0.507 e. The van der Waals surface area contributed by atoms with Crippen LogP contribution in [-0.4, -0.2) is 39.5 Å². The third kappa shape index (κ3) is 5.25. The third-order valence-corrected chi connectivity index (χ3v) is 7.31. The monoisotopic (exact) mass is 433 g/mol. The lowest BCUT2D eigenvalue weighted by Gasteiger charge is -2.53. The molecule has 1 heterocycles. The summed E-state index contributed by atoms with van der Waals surface area (Å²) in [5, 5.41) is 22.5. The molecule has 0 aromatic heterocycles. The highest BCUT2D eigenvalue weighted by atomic mass is 16.5. The lowest BCUT2D eigenvalue weighted by Crippen LogP contribution is -2.62. The van der Waals surface area contributed by atoms with E-state index in [-0.39, 0.29) is 34.7 Å². The molecule has 2 rings (SSSR count). The second-order valence-corrected chi connectivity index (χ2v) is 12.2. The Hall–Kier alpha value is -1.59. The Bertz CT molecular complexity index is 777. The van der Waals surface area contributed by atoms with Crippen LogP contribution in [0.3, 0.4) is 0 Å². The fraction of sp³-hybridized carbons (Fsp3) is 0.731. The molecule has 1 fully saturated rings. The SMILES string of the molecule is CC(C)(C)c1cc(CCC(=O)OC2CCN(O)C(C)(C)C2(C)C)cc(C(C)(C)C)c1O. The van der Waals surface area contributed by atoms with Gasteiger partial charge in [-0.15, -0.1) is 0 Å². The number of hydrogen-bond acceptors (Lipinski definition) is 5. The maximum absolute atomic E-state index is 12.7. The number of aromatic hydroxyl groups is 1. The summed E-state index contributed by atoms with van der Waals surface area (Å²) in [7, 11) is 0. The highest BCUT2D eigenvalue weighted by Crippen LogP contribution is 2.44. The molecule has 1 atom stereocenters. The number of phenols is 1. The van der Waals surface area contributed by atoms with Crippen LogP contribution in [0.1, 0.15) is 98.8 Å². The first kappa shape index (κ1) is 25.7. The lowest BCUT2D eigenvalue weighted by atomic mass is 9.67. The predicted molar refractivity (Wildman–Crippen MR) is 125 cm³/mol. The van der Waals surface area contributed by atoms with Crippen LogP contribution in [0.5, 0.6) is 5.75 Å². The lowest BCUT2D eigenvalue weighted by molar-refractivity contribution is -0.250. The zero-order chi connectivity index (χ0) is 24.0. The maximum Gasteiger partial charge on any atom is 0.306 e. The van der Waals surface area contributed by atoms with E-state index >= 15 is 0 Å². The van der Waals surface area contributed by atoms with Gasteiger partial charge in [0.05, 0.1) is 0 Å². The smallest absolute Gasteiger partial charge is 0.306 e. The highest BCUT2D eigenvalue weighted by molar-refractivity contribution is 5.70. The molecule has 1 aliphatic heterocycles. The van der Waals surface area contributed by atoms with E-state index in [0.29, 0.717) is 25.1 Å². The van der Waals surface area contributed by atoms with E-state index in [4.69, 9.17) is 4.74 Å². The summed E-state index contributed by atoms with van der Waals surface area (Å²) in [6.07, 6.45) is 1.22. The number of rotatable bonds is 4. The molecule has 31 heavy (non-hydrogen) atoms. The number of aryl methyl sites for hydroxylation is 1. The van der Waals surface area contributed by atoms with Gasteiger partial charge in [-0.05, 0) is 47.8 Å². The Labute approximate surface area is 188 Å². The summed E-state index contributed by atoms with van der Waals surface area (Å²) >= 11 is 0. The van der Waals surface area contributed by atoms with E-state index in [2.05, 4.69) is 41.5 Å². The maximum atomic E-state index is 12.7. The molecular formula is C26H43NO4. The van der Waals surface area contributed by atoms with Crippen LogP contribution in [0.4, 0.5) is 0 Å². The Balaban J connectivity index is 2.19. The van der Waals surface area contributed by atoms with Gasteiger partial charge in [0.25, 0.3) is 0 Å². The molecular weight excluding hydrogens is 390 g/mol. The summed E-state index contributed by atoms with van der Waals surface area (Å²) in [4.78, 5) is 12.7. The second kappa shape index (κ2) is 8.40. The molecule has 1 aromatic rings. The van der Waals surface area contributed by atoms with Crippen molar-refractivity contribution in [3.63, 3.8) is 0 Å². The number of nitrogens with zero attached hydrogens (tertiary/aromatic N) is 1. The van der Waals surface area contributed by atoms with E-state index in [9.17, 15) is 15.1 Å². The van der Waals surface area contributed by atoms with Crippen molar-refractivity contribution < 1.29 is 19.8 Å². The Morgan fingerprint density at radius 1 is 1.06 bits per heavy atom. The zero-order valence-corrected chi connectivity index (χ0v) is 21.2. The molecule has 0 bridgehead atoms.